The predicted molar refractivity (Wildman–Crippen MR) is 69.2 cm³/mol. The minimum absolute atomic E-state index is 0.0315. The average molecular weight is 264 g/mol. The summed E-state index contributed by atoms with van der Waals surface area (Å²) in [5.41, 5.74) is 0.725. The number of nitrogens with zero attached hydrogens (tertiary/aromatic N) is 2. The van der Waals surface area contributed by atoms with Crippen molar-refractivity contribution in [3.63, 3.8) is 0 Å². The Morgan fingerprint density at radius 1 is 1.37 bits per heavy atom. The summed E-state index contributed by atoms with van der Waals surface area (Å²) in [6.07, 6.45) is 0. The number of carbonyl (C=O) groups excluding carboxylic acids is 1. The van der Waals surface area contributed by atoms with Gasteiger partial charge in [0.05, 0.1) is 13.2 Å². The van der Waals surface area contributed by atoms with E-state index in [1.807, 2.05) is 18.2 Å². The van der Waals surface area contributed by atoms with E-state index in [2.05, 4.69) is 0 Å². The molecule has 2 rings (SSSR count). The highest BCUT2D eigenvalue weighted by Crippen LogP contribution is 2.16. The number of carbonyl (C=O) groups is 2. The number of hydrogen-bond acceptors (Lipinski definition) is 3. The van der Waals surface area contributed by atoms with Crippen LogP contribution in [-0.2, 0) is 9.53 Å². The average Bonchev–Trinajstić information content (AvgIpc) is 2.46. The summed E-state index contributed by atoms with van der Waals surface area (Å²) < 4.78 is 5.12. The second kappa shape index (κ2) is 5.71. The second-order valence-corrected chi connectivity index (χ2v) is 4.30. The minimum Gasteiger partial charge on any atom is -0.480 e. The summed E-state index contributed by atoms with van der Waals surface area (Å²) in [6, 6.07) is 7.85. The maximum atomic E-state index is 12.3. The number of anilines is 1. The molecule has 1 aromatic carbocycles. The van der Waals surface area contributed by atoms with Crippen LogP contribution in [0.3, 0.4) is 0 Å². The molecule has 1 heterocycles. The quantitative estimate of drug-likeness (QED) is 0.866. The Bertz CT molecular complexity index is 463. The summed E-state index contributed by atoms with van der Waals surface area (Å²) in [4.78, 5) is 26.3. The molecule has 6 heteroatoms. The zero-order valence-corrected chi connectivity index (χ0v) is 10.7. The van der Waals surface area contributed by atoms with Crippen LogP contribution in [0.2, 0.25) is 0 Å². The molecule has 1 aliphatic rings. The molecule has 1 saturated heterocycles. The fourth-order valence-electron chi connectivity index (χ4n) is 1.99. The first-order valence-corrected chi connectivity index (χ1v) is 6.01. The molecule has 2 amide bonds. The lowest BCUT2D eigenvalue weighted by atomic mass is 10.2. The largest absolute Gasteiger partial charge is 0.480 e. The third-order valence-electron chi connectivity index (χ3n) is 3.09. The summed E-state index contributed by atoms with van der Waals surface area (Å²) in [7, 11) is 1.63. The van der Waals surface area contributed by atoms with Gasteiger partial charge < -0.3 is 14.7 Å². The molecule has 1 aliphatic heterocycles. The zero-order chi connectivity index (χ0) is 13.8. The van der Waals surface area contributed by atoms with Gasteiger partial charge in [0.2, 0.25) is 0 Å². The summed E-state index contributed by atoms with van der Waals surface area (Å²) in [6.45, 7) is 0.675. The van der Waals surface area contributed by atoms with Gasteiger partial charge in [-0.25, -0.2) is 9.59 Å². The van der Waals surface area contributed by atoms with Crippen molar-refractivity contribution in [2.24, 2.45) is 0 Å². The first-order valence-electron chi connectivity index (χ1n) is 6.01. The predicted octanol–water partition coefficient (Wildman–Crippen LogP) is 1.03. The molecule has 0 radical (unpaired) electrons. The lowest BCUT2D eigenvalue weighted by Gasteiger charge is -2.35. The third kappa shape index (κ3) is 2.85. The van der Waals surface area contributed by atoms with E-state index >= 15 is 0 Å². The molecule has 0 aromatic heterocycles. The summed E-state index contributed by atoms with van der Waals surface area (Å²) in [5, 5.41) is 9.12. The van der Waals surface area contributed by atoms with Gasteiger partial charge in [-0.3, -0.25) is 4.90 Å². The number of urea groups is 1. The van der Waals surface area contributed by atoms with Crippen molar-refractivity contribution in [3.8, 4) is 0 Å². The molecule has 6 nitrogen and oxygen atoms in total. The zero-order valence-electron chi connectivity index (χ0n) is 10.7. The maximum absolute atomic E-state index is 12.3. The van der Waals surface area contributed by atoms with Gasteiger partial charge in [0, 0.05) is 19.3 Å². The second-order valence-electron chi connectivity index (χ2n) is 4.30. The Balaban J connectivity index is 2.15. The number of carboxylic acid groups (broad SMARTS) is 1. The van der Waals surface area contributed by atoms with E-state index in [1.54, 1.807) is 19.2 Å². The van der Waals surface area contributed by atoms with Crippen LogP contribution in [0.1, 0.15) is 0 Å². The van der Waals surface area contributed by atoms with Crippen molar-refractivity contribution in [2.45, 2.75) is 6.04 Å². The number of ether oxygens (including phenoxy) is 1. The number of amides is 2. The maximum Gasteiger partial charge on any atom is 0.328 e. The standard InChI is InChI=1S/C13H16N2O4/c1-14(10-5-3-2-4-6-10)13(18)15-7-8-19-9-11(15)12(16)17/h2-6,11H,7-9H2,1H3,(H,16,17). The molecule has 1 atom stereocenters. The van der Waals surface area contributed by atoms with Crippen LogP contribution in [0.5, 0.6) is 0 Å². The van der Waals surface area contributed by atoms with Crippen molar-refractivity contribution < 1.29 is 19.4 Å². The van der Waals surface area contributed by atoms with Gasteiger partial charge in [0.1, 0.15) is 0 Å². The molecule has 0 bridgehead atoms. The molecule has 19 heavy (non-hydrogen) atoms. The van der Waals surface area contributed by atoms with Gasteiger partial charge in [-0.05, 0) is 12.1 Å². The van der Waals surface area contributed by atoms with Crippen molar-refractivity contribution >= 4 is 17.7 Å². The summed E-state index contributed by atoms with van der Waals surface area (Å²) in [5.74, 6) is -1.05. The SMILES string of the molecule is CN(C(=O)N1CCOCC1C(=O)O)c1ccccc1. The number of hydrogen-bond donors (Lipinski definition) is 1. The highest BCUT2D eigenvalue weighted by atomic mass is 16.5. The molecule has 1 unspecified atom stereocenters. The number of morpholine rings is 1. The van der Waals surface area contributed by atoms with Crippen molar-refractivity contribution in [1.29, 1.82) is 0 Å². The van der Waals surface area contributed by atoms with Crippen LogP contribution in [0.25, 0.3) is 0 Å². The monoisotopic (exact) mass is 264 g/mol. The van der Waals surface area contributed by atoms with Gasteiger partial charge in [-0.15, -0.1) is 0 Å². The molecule has 0 spiro atoms. The van der Waals surface area contributed by atoms with E-state index in [0.29, 0.717) is 6.61 Å². The number of benzene rings is 1. The van der Waals surface area contributed by atoms with Crippen LogP contribution in [0.15, 0.2) is 30.3 Å². The van der Waals surface area contributed by atoms with Crippen LogP contribution in [0.4, 0.5) is 10.5 Å². The molecular weight excluding hydrogens is 248 g/mol. The molecule has 102 valence electrons. The summed E-state index contributed by atoms with van der Waals surface area (Å²) >= 11 is 0. The Kier molecular flexibility index (Phi) is 4.01. The molecule has 1 fully saturated rings. The number of aliphatic carboxylic acids is 1. The fraction of sp³-hybridized carbons (Fsp3) is 0.385. The number of rotatable bonds is 2. The topological polar surface area (TPSA) is 70.1 Å². The van der Waals surface area contributed by atoms with E-state index in [9.17, 15) is 9.59 Å². The minimum atomic E-state index is -1.05. The lowest BCUT2D eigenvalue weighted by molar-refractivity contribution is -0.147. The van der Waals surface area contributed by atoms with Crippen LogP contribution >= 0.6 is 0 Å². The highest BCUT2D eigenvalue weighted by molar-refractivity contribution is 5.94. The molecule has 1 aromatic rings. The van der Waals surface area contributed by atoms with Crippen LogP contribution in [-0.4, -0.2) is 54.9 Å². The number of carboxylic acids is 1. The number of para-hydroxylation sites is 1. The van der Waals surface area contributed by atoms with Gasteiger partial charge in [0.15, 0.2) is 6.04 Å². The molecule has 1 N–H and O–H groups in total. The third-order valence-corrected chi connectivity index (χ3v) is 3.09. The fourth-order valence-corrected chi connectivity index (χ4v) is 1.99. The van der Waals surface area contributed by atoms with Gasteiger partial charge in [0.25, 0.3) is 0 Å². The van der Waals surface area contributed by atoms with Crippen molar-refractivity contribution in [1.82, 2.24) is 4.90 Å². The Morgan fingerprint density at radius 2 is 2.05 bits per heavy atom. The van der Waals surface area contributed by atoms with Crippen molar-refractivity contribution in [3.05, 3.63) is 30.3 Å². The van der Waals surface area contributed by atoms with Crippen LogP contribution < -0.4 is 4.90 Å². The van der Waals surface area contributed by atoms with Crippen LogP contribution in [0, 0.1) is 0 Å². The van der Waals surface area contributed by atoms with E-state index in [4.69, 9.17) is 9.84 Å². The van der Waals surface area contributed by atoms with E-state index < -0.39 is 12.0 Å². The van der Waals surface area contributed by atoms with Gasteiger partial charge in [-0.1, -0.05) is 18.2 Å². The van der Waals surface area contributed by atoms with E-state index in [-0.39, 0.29) is 19.2 Å². The normalized spacial score (nSPS) is 19.0. The first kappa shape index (κ1) is 13.4. The van der Waals surface area contributed by atoms with Crippen molar-refractivity contribution in [2.75, 3.05) is 31.7 Å². The van der Waals surface area contributed by atoms with E-state index in [1.165, 1.54) is 9.80 Å². The highest BCUT2D eigenvalue weighted by Gasteiger charge is 2.34. The first-order chi connectivity index (χ1) is 9.11. The Morgan fingerprint density at radius 3 is 2.68 bits per heavy atom. The lowest BCUT2D eigenvalue weighted by Crippen LogP contribution is -2.56. The van der Waals surface area contributed by atoms with Gasteiger partial charge in [-0.2, -0.15) is 0 Å². The Hall–Kier alpha value is -2.08. The van der Waals surface area contributed by atoms with Gasteiger partial charge >= 0.3 is 12.0 Å². The Labute approximate surface area is 111 Å². The molecule has 0 saturated carbocycles. The van der Waals surface area contributed by atoms with E-state index in [0.717, 1.165) is 5.69 Å². The molecular formula is C13H16N2O4. The molecule has 0 aliphatic carbocycles. The smallest absolute Gasteiger partial charge is 0.328 e.